The van der Waals surface area contributed by atoms with Gasteiger partial charge in [-0.2, -0.15) is 0 Å². The minimum atomic E-state index is -0.930. The first-order valence-corrected chi connectivity index (χ1v) is 7.19. The lowest BCUT2D eigenvalue weighted by atomic mass is 10.1. The Morgan fingerprint density at radius 2 is 2.20 bits per heavy atom. The summed E-state index contributed by atoms with van der Waals surface area (Å²) in [7, 11) is 0. The number of hydrogen-bond donors (Lipinski definition) is 1. The van der Waals surface area contributed by atoms with Gasteiger partial charge in [0, 0.05) is 13.1 Å². The van der Waals surface area contributed by atoms with Gasteiger partial charge >= 0.3 is 5.69 Å². The number of benzene rings is 1. The first-order valence-electron chi connectivity index (χ1n) is 6.31. The highest BCUT2D eigenvalue weighted by Crippen LogP contribution is 2.36. The van der Waals surface area contributed by atoms with E-state index in [4.69, 9.17) is 0 Å². The molecule has 0 saturated heterocycles. The molecule has 0 amide bonds. The van der Waals surface area contributed by atoms with Gasteiger partial charge in [0.25, 0.3) is 0 Å². The Morgan fingerprint density at radius 3 is 2.75 bits per heavy atom. The lowest BCUT2D eigenvalue weighted by Gasteiger charge is -2.29. The van der Waals surface area contributed by atoms with Crippen LogP contribution >= 0.6 is 11.3 Å². The van der Waals surface area contributed by atoms with Gasteiger partial charge < -0.3 is 10.0 Å². The molecule has 0 fully saturated rings. The van der Waals surface area contributed by atoms with Crippen LogP contribution in [-0.4, -0.2) is 33.7 Å². The number of hydrogen-bond acceptors (Lipinski definition) is 6. The SMILES string of the molecule is CCN(CC(C)(C)O)c1ccc2scnc2c1[N+](=O)[O-]. The van der Waals surface area contributed by atoms with E-state index in [1.54, 1.807) is 30.3 Å². The fourth-order valence-corrected chi connectivity index (χ4v) is 2.86. The monoisotopic (exact) mass is 295 g/mol. The summed E-state index contributed by atoms with van der Waals surface area (Å²) in [6.45, 7) is 6.16. The number of nitrogens with zero attached hydrogens (tertiary/aromatic N) is 3. The molecule has 0 radical (unpaired) electrons. The molecule has 0 bridgehead atoms. The number of likely N-dealkylation sites (N-methyl/N-ethyl adjacent to an activating group) is 1. The molecular formula is C13H17N3O3S. The third kappa shape index (κ3) is 2.88. The number of anilines is 1. The maximum atomic E-state index is 11.4. The third-order valence-electron chi connectivity index (χ3n) is 2.94. The number of fused-ring (bicyclic) bond motifs is 1. The zero-order valence-electron chi connectivity index (χ0n) is 11.7. The number of nitro benzene ring substituents is 1. The quantitative estimate of drug-likeness (QED) is 0.677. The minimum absolute atomic E-state index is 0.00912. The highest BCUT2D eigenvalue weighted by molar-refractivity contribution is 7.16. The van der Waals surface area contributed by atoms with Crippen molar-refractivity contribution in [3.05, 3.63) is 27.8 Å². The molecule has 7 heteroatoms. The molecule has 0 saturated carbocycles. The van der Waals surface area contributed by atoms with Gasteiger partial charge in [-0.05, 0) is 32.9 Å². The second-order valence-electron chi connectivity index (χ2n) is 5.22. The molecule has 1 heterocycles. The standard InChI is InChI=1S/C13H17N3O3S/c1-4-15(7-13(2,3)17)9-5-6-10-11(14-8-20-10)12(9)16(18)19/h5-6,8,17H,4,7H2,1-3H3. The summed E-state index contributed by atoms with van der Waals surface area (Å²) in [5.74, 6) is 0. The van der Waals surface area contributed by atoms with Crippen LogP contribution in [0.1, 0.15) is 20.8 Å². The van der Waals surface area contributed by atoms with Gasteiger partial charge in [-0.3, -0.25) is 10.1 Å². The van der Waals surface area contributed by atoms with Crippen LogP contribution in [0, 0.1) is 10.1 Å². The molecule has 0 aliphatic carbocycles. The van der Waals surface area contributed by atoms with Crippen molar-refractivity contribution in [1.82, 2.24) is 4.98 Å². The lowest BCUT2D eigenvalue weighted by molar-refractivity contribution is -0.382. The van der Waals surface area contributed by atoms with Gasteiger partial charge in [0.2, 0.25) is 0 Å². The largest absolute Gasteiger partial charge is 0.389 e. The van der Waals surface area contributed by atoms with Gasteiger partial charge in [0.1, 0.15) is 5.69 Å². The summed E-state index contributed by atoms with van der Waals surface area (Å²) >= 11 is 1.38. The van der Waals surface area contributed by atoms with E-state index in [0.717, 1.165) is 4.70 Å². The summed E-state index contributed by atoms with van der Waals surface area (Å²) in [6.07, 6.45) is 0. The number of aliphatic hydroxyl groups is 1. The predicted octanol–water partition coefficient (Wildman–Crippen LogP) is 2.80. The molecule has 0 atom stereocenters. The molecule has 6 nitrogen and oxygen atoms in total. The maximum absolute atomic E-state index is 11.4. The Balaban J connectivity index is 2.57. The molecular weight excluding hydrogens is 278 g/mol. The molecule has 1 aromatic carbocycles. The highest BCUT2D eigenvalue weighted by Gasteiger charge is 2.27. The first-order chi connectivity index (χ1) is 9.33. The van der Waals surface area contributed by atoms with Crippen LogP contribution < -0.4 is 4.90 Å². The average molecular weight is 295 g/mol. The molecule has 20 heavy (non-hydrogen) atoms. The van der Waals surface area contributed by atoms with Crippen LogP contribution in [0.15, 0.2) is 17.6 Å². The van der Waals surface area contributed by atoms with Gasteiger partial charge in [-0.1, -0.05) is 0 Å². The van der Waals surface area contributed by atoms with E-state index in [1.165, 1.54) is 11.3 Å². The van der Waals surface area contributed by atoms with Gasteiger partial charge in [0.15, 0.2) is 5.52 Å². The van der Waals surface area contributed by atoms with Crippen LogP contribution in [0.2, 0.25) is 0 Å². The van der Waals surface area contributed by atoms with E-state index in [1.807, 2.05) is 13.0 Å². The van der Waals surface area contributed by atoms with E-state index in [9.17, 15) is 15.2 Å². The van der Waals surface area contributed by atoms with Crippen molar-refractivity contribution in [1.29, 1.82) is 0 Å². The van der Waals surface area contributed by atoms with Crippen LogP contribution in [0.5, 0.6) is 0 Å². The Bertz CT molecular complexity index is 633. The zero-order chi connectivity index (χ0) is 14.9. The minimum Gasteiger partial charge on any atom is -0.389 e. The number of nitro groups is 1. The average Bonchev–Trinajstić information content (AvgIpc) is 2.81. The highest BCUT2D eigenvalue weighted by atomic mass is 32.1. The molecule has 0 unspecified atom stereocenters. The van der Waals surface area contributed by atoms with Crippen molar-refractivity contribution >= 4 is 32.9 Å². The Hall–Kier alpha value is -1.73. The van der Waals surface area contributed by atoms with E-state index < -0.39 is 10.5 Å². The van der Waals surface area contributed by atoms with E-state index >= 15 is 0 Å². The van der Waals surface area contributed by atoms with Crippen molar-refractivity contribution in [2.24, 2.45) is 0 Å². The number of rotatable bonds is 5. The van der Waals surface area contributed by atoms with Gasteiger partial charge in [0.05, 0.1) is 20.7 Å². The van der Waals surface area contributed by atoms with Crippen molar-refractivity contribution in [3.8, 4) is 0 Å². The molecule has 0 spiro atoms. The molecule has 0 aliphatic heterocycles. The Morgan fingerprint density at radius 1 is 1.50 bits per heavy atom. The number of thiazole rings is 1. The lowest BCUT2D eigenvalue weighted by Crippen LogP contribution is -2.38. The molecule has 2 aromatic rings. The molecule has 2 rings (SSSR count). The second-order valence-corrected chi connectivity index (χ2v) is 6.10. The summed E-state index contributed by atoms with van der Waals surface area (Å²) < 4.78 is 0.791. The number of aromatic nitrogens is 1. The smallest absolute Gasteiger partial charge is 0.319 e. The van der Waals surface area contributed by atoms with Crippen LogP contribution in [0.3, 0.4) is 0 Å². The summed E-state index contributed by atoms with van der Waals surface area (Å²) in [5.41, 5.74) is 1.59. The van der Waals surface area contributed by atoms with Crippen molar-refractivity contribution in [2.75, 3.05) is 18.0 Å². The normalized spacial score (nSPS) is 11.8. The van der Waals surface area contributed by atoms with Crippen molar-refractivity contribution in [2.45, 2.75) is 26.4 Å². The summed E-state index contributed by atoms with van der Waals surface area (Å²) in [6, 6.07) is 3.57. The van der Waals surface area contributed by atoms with Crippen molar-refractivity contribution < 1.29 is 10.0 Å². The Labute approximate surface area is 120 Å². The Kier molecular flexibility index (Phi) is 3.92. The van der Waals surface area contributed by atoms with Crippen LogP contribution in [0.25, 0.3) is 10.2 Å². The predicted molar refractivity (Wildman–Crippen MR) is 80.5 cm³/mol. The topological polar surface area (TPSA) is 79.5 Å². The fraction of sp³-hybridized carbons (Fsp3) is 0.462. The fourth-order valence-electron chi connectivity index (χ4n) is 2.18. The summed E-state index contributed by atoms with van der Waals surface area (Å²) in [4.78, 5) is 16.9. The molecule has 108 valence electrons. The van der Waals surface area contributed by atoms with Gasteiger partial charge in [-0.15, -0.1) is 11.3 Å². The van der Waals surface area contributed by atoms with E-state index in [-0.39, 0.29) is 5.69 Å². The zero-order valence-corrected chi connectivity index (χ0v) is 12.5. The summed E-state index contributed by atoms with van der Waals surface area (Å²) in [5, 5.41) is 21.4. The van der Waals surface area contributed by atoms with Gasteiger partial charge in [-0.25, -0.2) is 4.98 Å². The third-order valence-corrected chi connectivity index (χ3v) is 3.73. The molecule has 1 N–H and O–H groups in total. The maximum Gasteiger partial charge on any atom is 0.319 e. The van der Waals surface area contributed by atoms with E-state index in [2.05, 4.69) is 4.98 Å². The van der Waals surface area contributed by atoms with E-state index in [0.29, 0.717) is 24.3 Å². The molecule has 1 aromatic heterocycles. The first kappa shape index (κ1) is 14.7. The van der Waals surface area contributed by atoms with Crippen LogP contribution in [0.4, 0.5) is 11.4 Å². The van der Waals surface area contributed by atoms with Crippen LogP contribution in [-0.2, 0) is 0 Å². The molecule has 0 aliphatic rings. The van der Waals surface area contributed by atoms with Crippen molar-refractivity contribution in [3.63, 3.8) is 0 Å². The second kappa shape index (κ2) is 5.34.